The molecule has 2 atom stereocenters. The molecule has 0 aromatic heterocycles. The van der Waals surface area contributed by atoms with E-state index < -0.39 is 0 Å². The molecular formula is C17H27NO2. The van der Waals surface area contributed by atoms with Crippen LogP contribution >= 0.6 is 0 Å². The highest BCUT2D eigenvalue weighted by Gasteiger charge is 2.20. The first-order valence-corrected chi connectivity index (χ1v) is 7.75. The van der Waals surface area contributed by atoms with Crippen molar-refractivity contribution in [1.29, 1.82) is 0 Å². The second-order valence-electron chi connectivity index (χ2n) is 5.88. The summed E-state index contributed by atoms with van der Waals surface area (Å²) in [6.07, 6.45) is 3.20. The predicted molar refractivity (Wildman–Crippen MR) is 81.7 cm³/mol. The Kier molecular flexibility index (Phi) is 6.02. The number of hydrogen-bond donors (Lipinski definition) is 1. The molecule has 0 amide bonds. The molecule has 1 aromatic carbocycles. The Morgan fingerprint density at radius 3 is 2.95 bits per heavy atom. The fraction of sp³-hybridized carbons (Fsp3) is 0.647. The summed E-state index contributed by atoms with van der Waals surface area (Å²) in [6.45, 7) is 7.57. The van der Waals surface area contributed by atoms with Crippen LogP contribution in [0, 0.1) is 6.92 Å². The highest BCUT2D eigenvalue weighted by molar-refractivity contribution is 5.22. The van der Waals surface area contributed by atoms with Crippen LogP contribution in [-0.4, -0.2) is 41.9 Å². The molecule has 0 bridgehead atoms. The van der Waals surface area contributed by atoms with Gasteiger partial charge in [-0.2, -0.15) is 0 Å². The highest BCUT2D eigenvalue weighted by atomic mass is 16.5. The zero-order valence-corrected chi connectivity index (χ0v) is 12.7. The van der Waals surface area contributed by atoms with E-state index in [1.54, 1.807) is 0 Å². The molecule has 0 aliphatic carbocycles. The molecule has 1 saturated heterocycles. The van der Waals surface area contributed by atoms with Gasteiger partial charge in [0, 0.05) is 26.2 Å². The van der Waals surface area contributed by atoms with E-state index in [0.717, 1.165) is 39.1 Å². The van der Waals surface area contributed by atoms with Gasteiger partial charge in [0.15, 0.2) is 0 Å². The molecular weight excluding hydrogens is 250 g/mol. The molecule has 1 aliphatic heterocycles. The monoisotopic (exact) mass is 277 g/mol. The van der Waals surface area contributed by atoms with Crippen LogP contribution in [0.25, 0.3) is 0 Å². The first-order valence-electron chi connectivity index (χ1n) is 7.75. The maximum Gasteiger partial charge on any atom is 0.0702 e. The van der Waals surface area contributed by atoms with Crippen LogP contribution in [-0.2, 0) is 11.3 Å². The maximum absolute atomic E-state index is 9.95. The van der Waals surface area contributed by atoms with Crippen molar-refractivity contribution in [2.45, 2.75) is 51.9 Å². The van der Waals surface area contributed by atoms with Gasteiger partial charge in [-0.05, 0) is 31.7 Å². The van der Waals surface area contributed by atoms with Gasteiger partial charge >= 0.3 is 0 Å². The van der Waals surface area contributed by atoms with Crippen molar-refractivity contribution in [3.8, 4) is 0 Å². The van der Waals surface area contributed by atoms with E-state index in [0.29, 0.717) is 6.10 Å². The Balaban J connectivity index is 1.97. The third-order valence-corrected chi connectivity index (χ3v) is 3.91. The number of rotatable bonds is 7. The smallest absolute Gasteiger partial charge is 0.0702 e. The lowest BCUT2D eigenvalue weighted by Crippen LogP contribution is -2.37. The van der Waals surface area contributed by atoms with Crippen LogP contribution in [0.15, 0.2) is 24.3 Å². The molecule has 0 saturated carbocycles. The second kappa shape index (κ2) is 7.77. The van der Waals surface area contributed by atoms with E-state index in [4.69, 9.17) is 4.74 Å². The molecule has 3 heteroatoms. The van der Waals surface area contributed by atoms with Gasteiger partial charge in [0.2, 0.25) is 0 Å². The van der Waals surface area contributed by atoms with Gasteiger partial charge in [-0.15, -0.1) is 0 Å². The van der Waals surface area contributed by atoms with Crippen molar-refractivity contribution in [3.05, 3.63) is 35.4 Å². The summed E-state index contributed by atoms with van der Waals surface area (Å²) in [7, 11) is 0. The quantitative estimate of drug-likeness (QED) is 0.832. The zero-order valence-electron chi connectivity index (χ0n) is 12.7. The number of nitrogens with zero attached hydrogens (tertiary/aromatic N) is 1. The van der Waals surface area contributed by atoms with Gasteiger partial charge in [-0.25, -0.2) is 0 Å². The summed E-state index contributed by atoms with van der Waals surface area (Å²) >= 11 is 0. The topological polar surface area (TPSA) is 32.7 Å². The number of hydrogen-bond acceptors (Lipinski definition) is 3. The van der Waals surface area contributed by atoms with Crippen molar-refractivity contribution in [1.82, 2.24) is 4.90 Å². The molecule has 1 heterocycles. The summed E-state index contributed by atoms with van der Waals surface area (Å²) in [6, 6.07) is 8.61. The van der Waals surface area contributed by atoms with Crippen molar-refractivity contribution >= 4 is 0 Å². The van der Waals surface area contributed by atoms with Crippen LogP contribution < -0.4 is 0 Å². The largest absolute Gasteiger partial charge is 0.392 e. The van der Waals surface area contributed by atoms with E-state index in [-0.39, 0.29) is 6.10 Å². The lowest BCUT2D eigenvalue weighted by atomic mass is 10.1. The minimum atomic E-state index is -0.249. The molecule has 20 heavy (non-hydrogen) atoms. The molecule has 2 unspecified atom stereocenters. The molecule has 1 aliphatic rings. The number of benzene rings is 1. The fourth-order valence-electron chi connectivity index (χ4n) is 2.78. The Morgan fingerprint density at radius 1 is 1.45 bits per heavy atom. The summed E-state index contributed by atoms with van der Waals surface area (Å²) < 4.78 is 5.74. The van der Waals surface area contributed by atoms with E-state index in [1.807, 2.05) is 6.92 Å². The minimum absolute atomic E-state index is 0.249. The second-order valence-corrected chi connectivity index (χ2v) is 5.88. The molecule has 1 aromatic rings. The van der Waals surface area contributed by atoms with Crippen molar-refractivity contribution in [2.24, 2.45) is 0 Å². The Labute approximate surface area is 122 Å². The van der Waals surface area contributed by atoms with Gasteiger partial charge in [-0.1, -0.05) is 36.8 Å². The molecule has 112 valence electrons. The van der Waals surface area contributed by atoms with Crippen molar-refractivity contribution in [2.75, 3.05) is 19.7 Å². The fourth-order valence-corrected chi connectivity index (χ4v) is 2.78. The normalized spacial score (nSPS) is 20.5. The predicted octanol–water partition coefficient (Wildman–Crippen LogP) is 2.75. The zero-order chi connectivity index (χ0) is 14.4. The van der Waals surface area contributed by atoms with Crippen molar-refractivity contribution in [3.63, 3.8) is 0 Å². The lowest BCUT2D eigenvalue weighted by molar-refractivity contribution is 0.0455. The van der Waals surface area contributed by atoms with Gasteiger partial charge in [0.25, 0.3) is 0 Å². The Hall–Kier alpha value is -0.900. The van der Waals surface area contributed by atoms with E-state index in [1.165, 1.54) is 17.5 Å². The number of aliphatic hydroxyl groups is 1. The van der Waals surface area contributed by atoms with Gasteiger partial charge in [0.1, 0.15) is 0 Å². The van der Waals surface area contributed by atoms with Crippen LogP contribution in [0.1, 0.15) is 37.3 Å². The summed E-state index contributed by atoms with van der Waals surface area (Å²) in [4.78, 5) is 2.33. The molecule has 0 radical (unpaired) electrons. The molecule has 1 fully saturated rings. The Morgan fingerprint density at radius 2 is 2.30 bits per heavy atom. The summed E-state index contributed by atoms with van der Waals surface area (Å²) in [5, 5.41) is 9.95. The van der Waals surface area contributed by atoms with E-state index >= 15 is 0 Å². The minimum Gasteiger partial charge on any atom is -0.392 e. The molecule has 3 nitrogen and oxygen atoms in total. The lowest BCUT2D eigenvalue weighted by Gasteiger charge is -2.27. The average Bonchev–Trinajstić information content (AvgIpc) is 2.91. The molecule has 2 rings (SSSR count). The summed E-state index contributed by atoms with van der Waals surface area (Å²) in [5.74, 6) is 0. The highest BCUT2D eigenvalue weighted by Crippen LogP contribution is 2.16. The maximum atomic E-state index is 9.95. The number of ether oxygens (including phenoxy) is 1. The first kappa shape index (κ1) is 15.5. The number of aliphatic hydroxyl groups excluding tert-OH is 1. The van der Waals surface area contributed by atoms with E-state index in [9.17, 15) is 5.11 Å². The van der Waals surface area contributed by atoms with Gasteiger partial charge in [0.05, 0.1) is 12.2 Å². The van der Waals surface area contributed by atoms with E-state index in [2.05, 4.69) is 36.1 Å². The third-order valence-electron chi connectivity index (χ3n) is 3.91. The van der Waals surface area contributed by atoms with Crippen LogP contribution in [0.3, 0.4) is 0 Å². The van der Waals surface area contributed by atoms with Crippen LogP contribution in [0.5, 0.6) is 0 Å². The Bertz CT molecular complexity index is 402. The van der Waals surface area contributed by atoms with Gasteiger partial charge in [-0.3, -0.25) is 4.90 Å². The van der Waals surface area contributed by atoms with Crippen LogP contribution in [0.4, 0.5) is 0 Å². The first-order chi connectivity index (χ1) is 9.67. The SMILES string of the molecule is CCC(O)CN(Cc1cccc(C)c1)CC1CCCO1. The molecule has 0 spiro atoms. The molecule has 1 N–H and O–H groups in total. The van der Waals surface area contributed by atoms with Crippen LogP contribution in [0.2, 0.25) is 0 Å². The van der Waals surface area contributed by atoms with Crippen molar-refractivity contribution < 1.29 is 9.84 Å². The average molecular weight is 277 g/mol. The standard InChI is InChI=1S/C17H27NO2/c1-3-16(19)12-18(13-17-8-5-9-20-17)11-15-7-4-6-14(2)10-15/h4,6-7,10,16-17,19H,3,5,8-9,11-13H2,1-2H3. The summed E-state index contributed by atoms with van der Waals surface area (Å²) in [5.41, 5.74) is 2.60. The number of aryl methyl sites for hydroxylation is 1. The third kappa shape index (κ3) is 4.89. The van der Waals surface area contributed by atoms with Gasteiger partial charge < -0.3 is 9.84 Å².